The van der Waals surface area contributed by atoms with Crippen LogP contribution in [0.25, 0.3) is 0 Å². The molecule has 1 aromatic rings. The first-order valence-electron chi connectivity index (χ1n) is 3.44. The standard InChI is InChI=1S/C7H3F5O2S/c8-6-3-4(15(12,13)14)1-2-5(6)7(9,10)11/h1-3H. The Kier molecular flexibility index (Phi) is 2.73. The van der Waals surface area contributed by atoms with Gasteiger partial charge in [0, 0.05) is 0 Å². The molecule has 1 aromatic carbocycles. The van der Waals surface area contributed by atoms with Crippen molar-refractivity contribution >= 4 is 10.2 Å². The van der Waals surface area contributed by atoms with Gasteiger partial charge in [0.15, 0.2) is 0 Å². The van der Waals surface area contributed by atoms with Gasteiger partial charge in [-0.3, -0.25) is 0 Å². The van der Waals surface area contributed by atoms with Crippen LogP contribution in [-0.2, 0) is 16.4 Å². The summed E-state index contributed by atoms with van der Waals surface area (Å²) in [7, 11) is -5.19. The van der Waals surface area contributed by atoms with Crippen LogP contribution in [0.4, 0.5) is 21.4 Å². The molecule has 0 aliphatic carbocycles. The lowest BCUT2D eigenvalue weighted by atomic mass is 10.2. The summed E-state index contributed by atoms with van der Waals surface area (Å²) in [6.07, 6.45) is -4.94. The van der Waals surface area contributed by atoms with E-state index in [4.69, 9.17) is 0 Å². The molecular formula is C7H3F5O2S. The van der Waals surface area contributed by atoms with E-state index < -0.39 is 32.7 Å². The Labute approximate surface area is 81.5 Å². The number of rotatable bonds is 1. The molecular weight excluding hydrogens is 243 g/mol. The highest BCUT2D eigenvalue weighted by Gasteiger charge is 2.34. The van der Waals surface area contributed by atoms with Gasteiger partial charge in [-0.25, -0.2) is 4.39 Å². The van der Waals surface area contributed by atoms with E-state index in [1.165, 1.54) is 0 Å². The van der Waals surface area contributed by atoms with Gasteiger partial charge in [-0.1, -0.05) is 0 Å². The molecule has 0 aliphatic rings. The molecule has 84 valence electrons. The summed E-state index contributed by atoms with van der Waals surface area (Å²) < 4.78 is 81.4. The van der Waals surface area contributed by atoms with Crippen molar-refractivity contribution < 1.29 is 29.9 Å². The summed E-state index contributed by atoms with van der Waals surface area (Å²) in [4.78, 5) is -1.15. The lowest BCUT2D eigenvalue weighted by molar-refractivity contribution is -0.140. The van der Waals surface area contributed by atoms with Crippen molar-refractivity contribution in [2.24, 2.45) is 0 Å². The molecule has 0 saturated carbocycles. The minimum absolute atomic E-state index is 0.0157. The molecule has 15 heavy (non-hydrogen) atoms. The Balaban J connectivity index is 3.34. The fourth-order valence-corrected chi connectivity index (χ4v) is 1.35. The van der Waals surface area contributed by atoms with Gasteiger partial charge in [0.2, 0.25) is 0 Å². The van der Waals surface area contributed by atoms with E-state index >= 15 is 0 Å². The van der Waals surface area contributed by atoms with E-state index in [0.29, 0.717) is 6.07 Å². The van der Waals surface area contributed by atoms with E-state index in [2.05, 4.69) is 0 Å². The van der Waals surface area contributed by atoms with E-state index in [1.54, 1.807) is 0 Å². The second kappa shape index (κ2) is 3.44. The number of alkyl halides is 3. The lowest BCUT2D eigenvalue weighted by Crippen LogP contribution is -2.08. The molecule has 2 nitrogen and oxygen atoms in total. The molecule has 0 fully saturated rings. The number of halogens is 5. The maximum Gasteiger partial charge on any atom is 0.419 e. The van der Waals surface area contributed by atoms with Crippen molar-refractivity contribution in [3.05, 3.63) is 29.6 Å². The second-order valence-corrected chi connectivity index (χ2v) is 3.92. The van der Waals surface area contributed by atoms with Crippen LogP contribution >= 0.6 is 0 Å². The maximum atomic E-state index is 12.7. The monoisotopic (exact) mass is 246 g/mol. The summed E-state index contributed by atoms with van der Waals surface area (Å²) in [5.74, 6) is -1.83. The molecule has 0 aromatic heterocycles. The van der Waals surface area contributed by atoms with Gasteiger partial charge < -0.3 is 0 Å². The zero-order valence-corrected chi connectivity index (χ0v) is 7.66. The van der Waals surface area contributed by atoms with E-state index in [-0.39, 0.29) is 12.1 Å². The lowest BCUT2D eigenvalue weighted by Gasteiger charge is -2.07. The average Bonchev–Trinajstić information content (AvgIpc) is 1.99. The Morgan fingerprint density at radius 2 is 1.67 bits per heavy atom. The summed E-state index contributed by atoms with van der Waals surface area (Å²) in [6.45, 7) is 0. The van der Waals surface area contributed by atoms with Gasteiger partial charge in [-0.2, -0.15) is 21.6 Å². The first-order valence-corrected chi connectivity index (χ1v) is 4.82. The Morgan fingerprint density at radius 3 is 2.00 bits per heavy atom. The molecule has 8 heteroatoms. The highest BCUT2D eigenvalue weighted by atomic mass is 32.3. The predicted molar refractivity (Wildman–Crippen MR) is 39.7 cm³/mol. The summed E-state index contributed by atoms with van der Waals surface area (Å²) in [5, 5.41) is 0. The largest absolute Gasteiger partial charge is 0.419 e. The minimum Gasteiger partial charge on any atom is -0.206 e. The predicted octanol–water partition coefficient (Wildman–Crippen LogP) is 2.50. The van der Waals surface area contributed by atoms with Crippen LogP contribution in [0.15, 0.2) is 23.1 Å². The van der Waals surface area contributed by atoms with E-state index in [9.17, 15) is 29.9 Å². The average molecular weight is 246 g/mol. The fraction of sp³-hybridized carbons (Fsp3) is 0.143. The van der Waals surface area contributed by atoms with Crippen molar-refractivity contribution in [2.75, 3.05) is 0 Å². The number of hydrogen-bond donors (Lipinski definition) is 0. The smallest absolute Gasteiger partial charge is 0.206 e. The SMILES string of the molecule is O=S(=O)(F)c1ccc(C(F)(F)F)c(F)c1. The summed E-state index contributed by atoms with van der Waals surface area (Å²) >= 11 is 0. The number of benzene rings is 1. The van der Waals surface area contributed by atoms with Crippen molar-refractivity contribution in [3.63, 3.8) is 0 Å². The van der Waals surface area contributed by atoms with Crippen LogP contribution in [0.3, 0.4) is 0 Å². The highest BCUT2D eigenvalue weighted by molar-refractivity contribution is 7.86. The van der Waals surface area contributed by atoms with E-state index in [1.807, 2.05) is 0 Å². The minimum atomic E-state index is -5.19. The van der Waals surface area contributed by atoms with Crippen LogP contribution in [0, 0.1) is 5.82 Å². The molecule has 0 unspecified atom stereocenters. The fourth-order valence-electron chi connectivity index (χ4n) is 0.877. The topological polar surface area (TPSA) is 34.1 Å². The Morgan fingerprint density at radius 1 is 1.13 bits per heavy atom. The van der Waals surface area contributed by atoms with Gasteiger partial charge in [0.05, 0.1) is 5.56 Å². The normalized spacial score (nSPS) is 12.9. The first-order chi connectivity index (χ1) is 6.62. The Hall–Kier alpha value is -1.18. The number of hydrogen-bond acceptors (Lipinski definition) is 2. The Bertz CT molecular complexity index is 477. The van der Waals surface area contributed by atoms with Gasteiger partial charge in [-0.05, 0) is 18.2 Å². The molecule has 0 saturated heterocycles. The van der Waals surface area contributed by atoms with Crippen molar-refractivity contribution in [1.82, 2.24) is 0 Å². The van der Waals surface area contributed by atoms with Gasteiger partial charge in [0.25, 0.3) is 0 Å². The molecule has 0 spiro atoms. The summed E-state index contributed by atoms with van der Waals surface area (Å²) in [6, 6.07) is 0.501. The quantitative estimate of drug-likeness (QED) is 0.563. The zero-order valence-electron chi connectivity index (χ0n) is 6.85. The third-order valence-electron chi connectivity index (χ3n) is 1.53. The maximum absolute atomic E-state index is 12.7. The zero-order chi connectivity index (χ0) is 11.9. The van der Waals surface area contributed by atoms with Crippen LogP contribution in [0.2, 0.25) is 0 Å². The first kappa shape index (κ1) is 11.9. The van der Waals surface area contributed by atoms with Gasteiger partial charge in [0.1, 0.15) is 10.7 Å². The molecule has 1 rings (SSSR count). The van der Waals surface area contributed by atoms with Crippen molar-refractivity contribution in [1.29, 1.82) is 0 Å². The molecule has 0 radical (unpaired) electrons. The van der Waals surface area contributed by atoms with Crippen LogP contribution in [0.1, 0.15) is 5.56 Å². The van der Waals surface area contributed by atoms with E-state index in [0.717, 1.165) is 0 Å². The molecule has 0 atom stereocenters. The van der Waals surface area contributed by atoms with Crippen LogP contribution < -0.4 is 0 Å². The molecule has 0 aliphatic heterocycles. The van der Waals surface area contributed by atoms with Crippen LogP contribution in [0.5, 0.6) is 0 Å². The van der Waals surface area contributed by atoms with Crippen LogP contribution in [-0.4, -0.2) is 8.42 Å². The molecule has 0 amide bonds. The van der Waals surface area contributed by atoms with Gasteiger partial charge in [-0.15, -0.1) is 3.89 Å². The molecule has 0 bridgehead atoms. The second-order valence-electron chi connectivity index (χ2n) is 2.58. The van der Waals surface area contributed by atoms with Crippen molar-refractivity contribution in [2.45, 2.75) is 11.1 Å². The summed E-state index contributed by atoms with van der Waals surface area (Å²) in [5.41, 5.74) is -1.64. The van der Waals surface area contributed by atoms with Crippen molar-refractivity contribution in [3.8, 4) is 0 Å². The molecule has 0 heterocycles. The molecule has 0 N–H and O–H groups in total. The third kappa shape index (κ3) is 2.65. The van der Waals surface area contributed by atoms with Gasteiger partial charge >= 0.3 is 16.4 Å². The highest BCUT2D eigenvalue weighted by Crippen LogP contribution is 2.32. The third-order valence-corrected chi connectivity index (χ3v) is 2.34.